The van der Waals surface area contributed by atoms with Crippen molar-refractivity contribution in [3.05, 3.63) is 18.2 Å². The highest BCUT2D eigenvalue weighted by Crippen LogP contribution is 2.42. The smallest absolute Gasteiger partial charge is 0.395 e. The molecule has 2 rings (SSSR count). The molecule has 9 heteroatoms. The molecule has 3 amide bonds. The van der Waals surface area contributed by atoms with Crippen molar-refractivity contribution in [1.29, 1.82) is 0 Å². The van der Waals surface area contributed by atoms with E-state index in [0.29, 0.717) is 0 Å². The molecule has 1 aliphatic rings. The molecule has 22 heavy (non-hydrogen) atoms. The molecule has 1 aromatic rings. The Kier molecular flexibility index (Phi) is 4.07. The van der Waals surface area contributed by atoms with Gasteiger partial charge in [-0.3, -0.25) is 4.79 Å². The number of urea groups is 1. The second kappa shape index (κ2) is 5.66. The van der Waals surface area contributed by atoms with Crippen LogP contribution < -0.4 is 25.8 Å². The van der Waals surface area contributed by atoms with E-state index >= 15 is 0 Å². The Labute approximate surface area is 124 Å². The van der Waals surface area contributed by atoms with Gasteiger partial charge in [-0.25, -0.2) is 4.79 Å². The van der Waals surface area contributed by atoms with Crippen LogP contribution in [-0.2, 0) is 4.79 Å². The molecule has 0 saturated heterocycles. The van der Waals surface area contributed by atoms with Crippen LogP contribution in [0.2, 0.25) is 0 Å². The standard InChI is InChI=1S/C13H15F2N3O4/c1-6(2)10(18-12(16)20)11(19)17-7-3-4-8-9(5-7)22-13(14,15)21-8/h3-6,10H,1-2H3,(H,17,19)(H3,16,18,20)/t10-/m0/s1. The van der Waals surface area contributed by atoms with Gasteiger partial charge in [0.15, 0.2) is 11.5 Å². The highest BCUT2D eigenvalue weighted by molar-refractivity contribution is 5.97. The Bertz CT molecular complexity index is 607. The van der Waals surface area contributed by atoms with Crippen LogP contribution in [0.25, 0.3) is 0 Å². The highest BCUT2D eigenvalue weighted by atomic mass is 19.3. The van der Waals surface area contributed by atoms with Gasteiger partial charge >= 0.3 is 12.3 Å². The number of benzene rings is 1. The Balaban J connectivity index is 2.11. The van der Waals surface area contributed by atoms with Gasteiger partial charge in [0.05, 0.1) is 0 Å². The van der Waals surface area contributed by atoms with E-state index in [2.05, 4.69) is 20.1 Å². The van der Waals surface area contributed by atoms with Crippen molar-refractivity contribution in [2.24, 2.45) is 11.7 Å². The van der Waals surface area contributed by atoms with E-state index in [-0.39, 0.29) is 23.1 Å². The molecule has 0 aliphatic carbocycles. The lowest BCUT2D eigenvalue weighted by atomic mass is 10.0. The SMILES string of the molecule is CC(C)[C@H](NC(N)=O)C(=O)Nc1ccc2c(c1)OC(F)(F)O2. The van der Waals surface area contributed by atoms with Gasteiger partial charge in [-0.2, -0.15) is 0 Å². The number of halogens is 2. The van der Waals surface area contributed by atoms with E-state index in [0.717, 1.165) is 0 Å². The van der Waals surface area contributed by atoms with E-state index in [1.54, 1.807) is 13.8 Å². The summed E-state index contributed by atoms with van der Waals surface area (Å²) in [6.45, 7) is 3.45. The van der Waals surface area contributed by atoms with E-state index < -0.39 is 24.3 Å². The molecule has 0 radical (unpaired) electrons. The zero-order valence-electron chi connectivity index (χ0n) is 11.9. The molecule has 0 spiro atoms. The lowest BCUT2D eigenvalue weighted by Crippen LogP contribution is -2.49. The molecule has 0 unspecified atom stereocenters. The van der Waals surface area contributed by atoms with Gasteiger partial charge in [-0.1, -0.05) is 13.8 Å². The van der Waals surface area contributed by atoms with Crippen LogP contribution in [0.4, 0.5) is 19.3 Å². The monoisotopic (exact) mass is 315 g/mol. The molecule has 0 saturated carbocycles. The first-order chi connectivity index (χ1) is 10.2. The number of hydrogen-bond acceptors (Lipinski definition) is 4. The highest BCUT2D eigenvalue weighted by Gasteiger charge is 2.43. The molecular weight excluding hydrogens is 300 g/mol. The second-order valence-corrected chi connectivity index (χ2v) is 5.05. The van der Waals surface area contributed by atoms with Gasteiger partial charge < -0.3 is 25.8 Å². The van der Waals surface area contributed by atoms with Gasteiger partial charge in [-0.15, -0.1) is 8.78 Å². The number of carbonyl (C=O) groups excluding carboxylic acids is 2. The number of nitrogens with two attached hydrogens (primary N) is 1. The lowest BCUT2D eigenvalue weighted by Gasteiger charge is -2.20. The molecule has 1 heterocycles. The average molecular weight is 315 g/mol. The molecule has 7 nitrogen and oxygen atoms in total. The van der Waals surface area contributed by atoms with Crippen molar-refractivity contribution in [3.63, 3.8) is 0 Å². The Morgan fingerprint density at radius 1 is 1.23 bits per heavy atom. The zero-order chi connectivity index (χ0) is 16.5. The van der Waals surface area contributed by atoms with Crippen molar-refractivity contribution < 1.29 is 27.8 Å². The number of ether oxygens (including phenoxy) is 2. The van der Waals surface area contributed by atoms with Crippen LogP contribution in [0.5, 0.6) is 11.5 Å². The minimum absolute atomic E-state index is 0.126. The summed E-state index contributed by atoms with van der Waals surface area (Å²) in [6, 6.07) is 2.14. The number of nitrogens with one attached hydrogen (secondary N) is 2. The van der Waals surface area contributed by atoms with Gasteiger partial charge in [0.1, 0.15) is 6.04 Å². The molecule has 1 aliphatic heterocycles. The third-order valence-electron chi connectivity index (χ3n) is 2.92. The third-order valence-corrected chi connectivity index (χ3v) is 2.92. The quantitative estimate of drug-likeness (QED) is 0.786. The average Bonchev–Trinajstić information content (AvgIpc) is 2.68. The lowest BCUT2D eigenvalue weighted by molar-refractivity contribution is -0.286. The number of hydrogen-bond donors (Lipinski definition) is 3. The molecular formula is C13H15F2N3O4. The van der Waals surface area contributed by atoms with E-state index in [1.165, 1.54) is 18.2 Å². The van der Waals surface area contributed by atoms with Crippen molar-refractivity contribution >= 4 is 17.6 Å². The maximum atomic E-state index is 12.9. The van der Waals surface area contributed by atoms with E-state index in [1.807, 2.05) is 0 Å². The molecule has 0 aromatic heterocycles. The summed E-state index contributed by atoms with van der Waals surface area (Å²) in [7, 11) is 0. The van der Waals surface area contributed by atoms with E-state index in [4.69, 9.17) is 5.73 Å². The van der Waals surface area contributed by atoms with Crippen molar-refractivity contribution in [3.8, 4) is 11.5 Å². The predicted octanol–water partition coefficient (Wildman–Crippen LogP) is 1.64. The fourth-order valence-corrected chi connectivity index (χ4v) is 1.93. The van der Waals surface area contributed by atoms with Gasteiger partial charge in [-0.05, 0) is 18.1 Å². The summed E-state index contributed by atoms with van der Waals surface area (Å²) in [6.07, 6.45) is -3.72. The molecule has 120 valence electrons. The summed E-state index contributed by atoms with van der Waals surface area (Å²) in [5.74, 6) is -1.06. The summed E-state index contributed by atoms with van der Waals surface area (Å²) in [5, 5.41) is 4.81. The first-order valence-electron chi connectivity index (χ1n) is 6.44. The third kappa shape index (κ3) is 3.54. The number of primary amides is 1. The van der Waals surface area contributed by atoms with Crippen molar-refractivity contribution in [1.82, 2.24) is 5.32 Å². The largest absolute Gasteiger partial charge is 0.586 e. The summed E-state index contributed by atoms with van der Waals surface area (Å²) in [5.41, 5.74) is 5.24. The van der Waals surface area contributed by atoms with Crippen LogP contribution in [-0.4, -0.2) is 24.3 Å². The summed E-state index contributed by atoms with van der Waals surface area (Å²) in [4.78, 5) is 23.0. The van der Waals surface area contributed by atoms with Crippen LogP contribution in [0.1, 0.15) is 13.8 Å². The Morgan fingerprint density at radius 2 is 1.86 bits per heavy atom. The zero-order valence-corrected chi connectivity index (χ0v) is 11.9. The number of amides is 3. The molecule has 0 fully saturated rings. The number of carbonyl (C=O) groups is 2. The fourth-order valence-electron chi connectivity index (χ4n) is 1.93. The Hall–Kier alpha value is -2.58. The van der Waals surface area contributed by atoms with Gasteiger partial charge in [0.2, 0.25) is 5.91 Å². The van der Waals surface area contributed by atoms with Crippen LogP contribution >= 0.6 is 0 Å². The molecule has 0 bridgehead atoms. The van der Waals surface area contributed by atoms with E-state index in [9.17, 15) is 18.4 Å². The fraction of sp³-hybridized carbons (Fsp3) is 0.385. The van der Waals surface area contributed by atoms with Crippen molar-refractivity contribution in [2.45, 2.75) is 26.2 Å². The summed E-state index contributed by atoms with van der Waals surface area (Å²) >= 11 is 0. The first-order valence-corrected chi connectivity index (χ1v) is 6.44. The van der Waals surface area contributed by atoms with Crippen LogP contribution in [0, 0.1) is 5.92 Å². The summed E-state index contributed by atoms with van der Waals surface area (Å²) < 4.78 is 34.4. The second-order valence-electron chi connectivity index (χ2n) is 5.05. The predicted molar refractivity (Wildman–Crippen MR) is 72.6 cm³/mol. The number of anilines is 1. The normalized spacial score (nSPS) is 16.2. The number of fused-ring (bicyclic) bond motifs is 1. The van der Waals surface area contributed by atoms with Gasteiger partial charge in [0, 0.05) is 11.8 Å². The number of rotatable bonds is 4. The minimum atomic E-state index is -3.72. The molecule has 1 aromatic carbocycles. The number of alkyl halides is 2. The Morgan fingerprint density at radius 3 is 2.45 bits per heavy atom. The maximum absolute atomic E-state index is 12.9. The topological polar surface area (TPSA) is 103 Å². The van der Waals surface area contributed by atoms with Gasteiger partial charge in [0.25, 0.3) is 0 Å². The van der Waals surface area contributed by atoms with Crippen LogP contribution in [0.15, 0.2) is 18.2 Å². The van der Waals surface area contributed by atoms with Crippen LogP contribution in [0.3, 0.4) is 0 Å². The molecule has 4 N–H and O–H groups in total. The maximum Gasteiger partial charge on any atom is 0.586 e. The molecule has 1 atom stereocenters. The minimum Gasteiger partial charge on any atom is -0.395 e. The first kappa shape index (κ1) is 15.8. The van der Waals surface area contributed by atoms with Crippen molar-refractivity contribution in [2.75, 3.05) is 5.32 Å².